The van der Waals surface area contributed by atoms with Gasteiger partial charge in [-0.1, -0.05) is 0 Å². The third-order valence-corrected chi connectivity index (χ3v) is 5.00. The van der Waals surface area contributed by atoms with Crippen molar-refractivity contribution in [2.24, 2.45) is 5.41 Å². The molecule has 120 valence electrons. The largest absolute Gasteiger partial charge is 0.445 e. The summed E-state index contributed by atoms with van der Waals surface area (Å²) in [4.78, 5) is 32.5. The van der Waals surface area contributed by atoms with Gasteiger partial charge in [-0.2, -0.15) is 0 Å². The molecule has 0 atom stereocenters. The number of carbonyl (C=O) groups is 2. The number of nitrogens with zero attached hydrogens (tertiary/aromatic N) is 3. The Morgan fingerprint density at radius 1 is 1.32 bits per heavy atom. The van der Waals surface area contributed by atoms with Crippen LogP contribution in [0.15, 0.2) is 4.42 Å². The second kappa shape index (κ2) is 5.41. The first kappa shape index (κ1) is 15.1. The van der Waals surface area contributed by atoms with Crippen molar-refractivity contribution in [3.8, 4) is 0 Å². The first-order valence-electron chi connectivity index (χ1n) is 7.95. The van der Waals surface area contributed by atoms with Gasteiger partial charge < -0.3 is 14.2 Å². The zero-order valence-corrected chi connectivity index (χ0v) is 13.5. The monoisotopic (exact) mass is 305 g/mol. The van der Waals surface area contributed by atoms with Crippen LogP contribution < -0.4 is 0 Å². The van der Waals surface area contributed by atoms with Gasteiger partial charge in [0.2, 0.25) is 5.91 Å². The number of aryl methyl sites for hydroxylation is 2. The van der Waals surface area contributed by atoms with Crippen molar-refractivity contribution in [3.63, 3.8) is 0 Å². The van der Waals surface area contributed by atoms with Crippen LogP contribution in [0.25, 0.3) is 0 Å². The normalized spacial score (nSPS) is 21.0. The molecule has 1 spiro atoms. The Morgan fingerprint density at radius 2 is 2.00 bits per heavy atom. The lowest BCUT2D eigenvalue weighted by Crippen LogP contribution is -2.44. The number of hydrogen-bond donors (Lipinski definition) is 0. The maximum atomic E-state index is 12.5. The van der Waals surface area contributed by atoms with Crippen LogP contribution in [-0.2, 0) is 4.79 Å². The molecular formula is C16H23N3O3. The summed E-state index contributed by atoms with van der Waals surface area (Å²) in [6.45, 7) is 8.54. The van der Waals surface area contributed by atoms with Crippen LogP contribution >= 0.6 is 0 Å². The van der Waals surface area contributed by atoms with Gasteiger partial charge in [-0.3, -0.25) is 9.59 Å². The molecule has 1 aromatic rings. The van der Waals surface area contributed by atoms with Crippen LogP contribution in [0.5, 0.6) is 0 Å². The lowest BCUT2D eigenvalue weighted by molar-refractivity contribution is -0.127. The molecule has 0 radical (unpaired) electrons. The van der Waals surface area contributed by atoms with E-state index < -0.39 is 0 Å². The summed E-state index contributed by atoms with van der Waals surface area (Å²) in [6, 6.07) is 0. The second-order valence-corrected chi connectivity index (χ2v) is 6.51. The number of aromatic nitrogens is 1. The molecule has 0 N–H and O–H groups in total. The molecule has 0 aromatic carbocycles. The van der Waals surface area contributed by atoms with Crippen LogP contribution in [0, 0.1) is 19.3 Å². The summed E-state index contributed by atoms with van der Waals surface area (Å²) in [5, 5.41) is 0. The van der Waals surface area contributed by atoms with E-state index in [0.717, 1.165) is 25.9 Å². The fourth-order valence-corrected chi connectivity index (χ4v) is 3.67. The van der Waals surface area contributed by atoms with E-state index in [4.69, 9.17) is 4.42 Å². The van der Waals surface area contributed by atoms with Crippen molar-refractivity contribution < 1.29 is 14.0 Å². The summed E-state index contributed by atoms with van der Waals surface area (Å²) in [7, 11) is 0. The number of piperidine rings is 1. The van der Waals surface area contributed by atoms with Gasteiger partial charge in [0.1, 0.15) is 5.76 Å². The fraction of sp³-hybridized carbons (Fsp3) is 0.688. The van der Waals surface area contributed by atoms with Gasteiger partial charge in [0.25, 0.3) is 5.91 Å². The third kappa shape index (κ3) is 2.51. The zero-order chi connectivity index (χ0) is 15.9. The summed E-state index contributed by atoms with van der Waals surface area (Å²) in [5.41, 5.74) is 0.490. The van der Waals surface area contributed by atoms with Gasteiger partial charge >= 0.3 is 0 Å². The van der Waals surface area contributed by atoms with E-state index in [1.54, 1.807) is 13.8 Å². The van der Waals surface area contributed by atoms with Crippen LogP contribution in [0.1, 0.15) is 48.3 Å². The van der Waals surface area contributed by atoms with E-state index in [1.165, 1.54) is 0 Å². The number of hydrogen-bond acceptors (Lipinski definition) is 4. The number of carbonyl (C=O) groups excluding carboxylic acids is 2. The van der Waals surface area contributed by atoms with Gasteiger partial charge in [0.05, 0.1) is 0 Å². The summed E-state index contributed by atoms with van der Waals surface area (Å²) in [5.74, 6) is 1.30. The van der Waals surface area contributed by atoms with Crippen molar-refractivity contribution in [2.45, 2.75) is 40.0 Å². The van der Waals surface area contributed by atoms with E-state index in [-0.39, 0.29) is 17.2 Å². The fourth-order valence-electron chi connectivity index (χ4n) is 3.67. The SMILES string of the molecule is CCN1CC2(CCN(C(=O)c3nc(C)oc3C)CC2)CC1=O. The lowest BCUT2D eigenvalue weighted by atomic mass is 9.77. The van der Waals surface area contributed by atoms with Crippen molar-refractivity contribution in [3.05, 3.63) is 17.3 Å². The molecule has 2 fully saturated rings. The standard InChI is InChI=1S/C16H23N3O3/c1-4-18-10-16(9-13(18)20)5-7-19(8-6-16)15(21)14-11(2)22-12(3)17-14/h4-10H2,1-3H3. The minimum absolute atomic E-state index is 0.0547. The minimum atomic E-state index is -0.0547. The highest BCUT2D eigenvalue weighted by atomic mass is 16.4. The highest BCUT2D eigenvalue weighted by Crippen LogP contribution is 2.41. The maximum Gasteiger partial charge on any atom is 0.276 e. The van der Waals surface area contributed by atoms with E-state index in [2.05, 4.69) is 4.98 Å². The molecule has 2 aliphatic rings. The molecular weight excluding hydrogens is 282 g/mol. The Bertz CT molecular complexity index is 600. The predicted octanol–water partition coefficient (Wildman–Crippen LogP) is 1.77. The Hall–Kier alpha value is -1.85. The molecule has 0 bridgehead atoms. The van der Waals surface area contributed by atoms with Gasteiger partial charge in [-0.05, 0) is 26.7 Å². The van der Waals surface area contributed by atoms with Crippen molar-refractivity contribution in [2.75, 3.05) is 26.2 Å². The molecule has 22 heavy (non-hydrogen) atoms. The van der Waals surface area contributed by atoms with Crippen LogP contribution in [0.4, 0.5) is 0 Å². The molecule has 3 heterocycles. The molecule has 3 rings (SSSR count). The first-order chi connectivity index (χ1) is 10.4. The Labute approximate surface area is 130 Å². The van der Waals surface area contributed by atoms with Crippen molar-refractivity contribution in [1.82, 2.24) is 14.8 Å². The van der Waals surface area contributed by atoms with E-state index >= 15 is 0 Å². The van der Waals surface area contributed by atoms with Crippen LogP contribution in [-0.4, -0.2) is 52.8 Å². The van der Waals surface area contributed by atoms with Gasteiger partial charge in [-0.15, -0.1) is 0 Å². The molecule has 6 nitrogen and oxygen atoms in total. The van der Waals surface area contributed by atoms with Crippen molar-refractivity contribution >= 4 is 11.8 Å². The molecule has 0 aliphatic carbocycles. The molecule has 0 saturated carbocycles. The topological polar surface area (TPSA) is 66.7 Å². The molecule has 2 aliphatic heterocycles. The van der Waals surface area contributed by atoms with E-state index in [0.29, 0.717) is 36.9 Å². The molecule has 0 unspecified atom stereocenters. The summed E-state index contributed by atoms with van der Waals surface area (Å²) >= 11 is 0. The molecule has 1 aromatic heterocycles. The van der Waals surface area contributed by atoms with Crippen LogP contribution in [0.2, 0.25) is 0 Å². The van der Waals surface area contributed by atoms with Gasteiger partial charge in [0.15, 0.2) is 11.6 Å². The highest BCUT2D eigenvalue weighted by Gasteiger charge is 2.45. The molecule has 6 heteroatoms. The highest BCUT2D eigenvalue weighted by molar-refractivity contribution is 5.93. The average Bonchev–Trinajstić information content (AvgIpc) is 2.98. The Balaban J connectivity index is 1.66. The smallest absolute Gasteiger partial charge is 0.276 e. The summed E-state index contributed by atoms with van der Waals surface area (Å²) in [6.07, 6.45) is 2.40. The minimum Gasteiger partial charge on any atom is -0.445 e. The number of oxazole rings is 1. The quantitative estimate of drug-likeness (QED) is 0.835. The molecule has 2 amide bonds. The maximum absolute atomic E-state index is 12.5. The molecule has 2 saturated heterocycles. The first-order valence-corrected chi connectivity index (χ1v) is 7.95. The van der Waals surface area contributed by atoms with Gasteiger partial charge in [-0.25, -0.2) is 4.98 Å². The number of amides is 2. The number of rotatable bonds is 2. The van der Waals surface area contributed by atoms with Crippen molar-refractivity contribution in [1.29, 1.82) is 0 Å². The van der Waals surface area contributed by atoms with E-state index in [9.17, 15) is 9.59 Å². The second-order valence-electron chi connectivity index (χ2n) is 6.51. The Morgan fingerprint density at radius 3 is 2.50 bits per heavy atom. The van der Waals surface area contributed by atoms with Gasteiger partial charge in [0, 0.05) is 44.9 Å². The zero-order valence-electron chi connectivity index (χ0n) is 13.5. The average molecular weight is 305 g/mol. The Kier molecular flexibility index (Phi) is 3.70. The lowest BCUT2D eigenvalue weighted by Gasteiger charge is -2.38. The third-order valence-electron chi connectivity index (χ3n) is 5.00. The van der Waals surface area contributed by atoms with E-state index in [1.807, 2.05) is 16.7 Å². The summed E-state index contributed by atoms with van der Waals surface area (Å²) < 4.78 is 5.35. The predicted molar refractivity (Wildman–Crippen MR) is 80.4 cm³/mol. The number of likely N-dealkylation sites (tertiary alicyclic amines) is 2. The van der Waals surface area contributed by atoms with Crippen LogP contribution in [0.3, 0.4) is 0 Å².